The molecule has 0 atom stereocenters. The molecule has 3 heteroatoms. The van der Waals surface area contributed by atoms with Crippen molar-refractivity contribution in [1.29, 1.82) is 0 Å². The first-order valence-electron chi connectivity index (χ1n) is 13.0. The van der Waals surface area contributed by atoms with Gasteiger partial charge in [-0.1, -0.05) is 91.7 Å². The van der Waals surface area contributed by atoms with Crippen molar-refractivity contribution in [1.82, 2.24) is 14.4 Å². The third-order valence-electron chi connectivity index (χ3n) is 7.22. The molecule has 176 valence electrons. The highest BCUT2D eigenvalue weighted by atomic mass is 15.3. The van der Waals surface area contributed by atoms with Crippen LogP contribution in [0.4, 0.5) is 0 Å². The molecule has 5 rings (SSSR count). The molecular formula is C31H37N3. The van der Waals surface area contributed by atoms with Gasteiger partial charge in [-0.3, -0.25) is 4.90 Å². The van der Waals surface area contributed by atoms with Gasteiger partial charge in [-0.05, 0) is 37.1 Å². The Bertz CT molecular complexity index is 1150. The molecule has 0 aliphatic carbocycles. The quantitative estimate of drug-likeness (QED) is 0.249. The summed E-state index contributed by atoms with van der Waals surface area (Å²) in [7, 11) is 0. The molecule has 0 bridgehead atoms. The Morgan fingerprint density at radius 3 is 1.79 bits per heavy atom. The van der Waals surface area contributed by atoms with Gasteiger partial charge in [0.1, 0.15) is 0 Å². The van der Waals surface area contributed by atoms with Crippen LogP contribution in [0.25, 0.3) is 27.9 Å². The molecule has 1 aliphatic heterocycles. The summed E-state index contributed by atoms with van der Waals surface area (Å²) in [5.41, 5.74) is 4.04. The maximum Gasteiger partial charge on any atom is 0.0491 e. The highest BCUT2D eigenvalue weighted by Gasteiger charge is 2.15. The summed E-state index contributed by atoms with van der Waals surface area (Å²) in [6.07, 6.45) is 9.77. The Balaban J connectivity index is 1.000. The molecule has 0 radical (unpaired) electrons. The second-order valence-electron chi connectivity index (χ2n) is 9.56. The second kappa shape index (κ2) is 11.5. The molecule has 0 unspecified atom stereocenters. The van der Waals surface area contributed by atoms with Crippen molar-refractivity contribution in [2.24, 2.45) is 0 Å². The average Bonchev–Trinajstić information content (AvgIpc) is 3.21. The minimum atomic E-state index is 1.06. The Morgan fingerprint density at radius 1 is 0.559 bits per heavy atom. The fourth-order valence-corrected chi connectivity index (χ4v) is 5.30. The van der Waals surface area contributed by atoms with Crippen LogP contribution >= 0.6 is 0 Å². The fraction of sp³-hybridized carbons (Fsp3) is 0.355. The van der Waals surface area contributed by atoms with Crippen molar-refractivity contribution < 1.29 is 0 Å². The summed E-state index contributed by atoms with van der Waals surface area (Å²) in [5.74, 6) is 0. The normalized spacial score (nSPS) is 15.6. The predicted molar refractivity (Wildman–Crippen MR) is 146 cm³/mol. The van der Waals surface area contributed by atoms with E-state index < -0.39 is 0 Å². The molecule has 1 saturated heterocycles. The molecule has 3 nitrogen and oxygen atoms in total. The summed E-state index contributed by atoms with van der Waals surface area (Å²) in [4.78, 5) is 5.23. The van der Waals surface area contributed by atoms with Gasteiger partial charge in [0.05, 0.1) is 0 Å². The molecule has 3 aromatic carbocycles. The summed E-state index contributed by atoms with van der Waals surface area (Å²) in [5, 5.41) is 2.76. The van der Waals surface area contributed by atoms with Crippen LogP contribution in [0.3, 0.4) is 0 Å². The van der Waals surface area contributed by atoms with Crippen LogP contribution in [0.15, 0.2) is 84.9 Å². The average molecular weight is 452 g/mol. The molecule has 2 heterocycles. The van der Waals surface area contributed by atoms with Crippen LogP contribution in [0.5, 0.6) is 0 Å². The van der Waals surface area contributed by atoms with Crippen LogP contribution in [0.2, 0.25) is 0 Å². The number of unbranched alkanes of at least 4 members (excludes halogenated alkanes) is 3. The lowest BCUT2D eigenvalue weighted by Gasteiger charge is -2.34. The Kier molecular flexibility index (Phi) is 7.74. The van der Waals surface area contributed by atoms with Crippen molar-refractivity contribution in [3.63, 3.8) is 0 Å². The van der Waals surface area contributed by atoms with Crippen LogP contribution in [0, 0.1) is 0 Å². The number of nitrogens with zero attached hydrogens (tertiary/aromatic N) is 3. The van der Waals surface area contributed by atoms with E-state index in [1.54, 1.807) is 0 Å². The van der Waals surface area contributed by atoms with Gasteiger partial charge in [0.25, 0.3) is 0 Å². The summed E-state index contributed by atoms with van der Waals surface area (Å²) < 4.78 is 2.52. The molecule has 1 aromatic heterocycles. The summed E-state index contributed by atoms with van der Waals surface area (Å²) in [6, 6.07) is 28.3. The lowest BCUT2D eigenvalue weighted by Crippen LogP contribution is -2.46. The van der Waals surface area contributed by atoms with Gasteiger partial charge >= 0.3 is 0 Å². The molecule has 1 fully saturated rings. The minimum Gasteiger partial charge on any atom is -0.340 e. The number of aryl methyl sites for hydroxylation is 1. The van der Waals surface area contributed by atoms with Gasteiger partial charge in [0.2, 0.25) is 0 Å². The number of para-hydroxylation sites is 2. The number of piperazine rings is 1. The summed E-state index contributed by atoms with van der Waals surface area (Å²) >= 11 is 0. The van der Waals surface area contributed by atoms with Gasteiger partial charge in [-0.15, -0.1) is 0 Å². The van der Waals surface area contributed by atoms with Crippen LogP contribution in [-0.4, -0.2) is 53.6 Å². The number of fused-ring (bicyclic) bond motifs is 3. The number of benzene rings is 3. The third-order valence-corrected chi connectivity index (χ3v) is 7.22. The lowest BCUT2D eigenvalue weighted by atomic mass is 10.1. The lowest BCUT2D eigenvalue weighted by molar-refractivity contribution is 0.140. The van der Waals surface area contributed by atoms with E-state index in [1.165, 1.54) is 85.8 Å². The number of hydrogen-bond donors (Lipinski definition) is 0. The highest BCUT2D eigenvalue weighted by molar-refractivity contribution is 6.07. The Labute approximate surface area is 204 Å². The largest absolute Gasteiger partial charge is 0.340 e. The van der Waals surface area contributed by atoms with Crippen LogP contribution in [-0.2, 0) is 6.54 Å². The predicted octanol–water partition coefficient (Wildman–Crippen LogP) is 6.69. The molecule has 0 N–H and O–H groups in total. The molecule has 0 saturated carbocycles. The standard InChI is InChI=1S/C31H37N3/c1(2-11-22-34-30-18-8-6-16-28(30)29-17-7-9-19-31(29)34)10-20-32-23-25-33(26-24-32)21-12-15-27-13-4-3-5-14-27/h3-9,12-19H,1-2,10-11,20-26H2/b15-12+. The first kappa shape index (κ1) is 22.9. The topological polar surface area (TPSA) is 11.4 Å². The van der Waals surface area contributed by atoms with Crippen molar-refractivity contribution in [2.75, 3.05) is 39.3 Å². The minimum absolute atomic E-state index is 1.06. The molecule has 34 heavy (non-hydrogen) atoms. The van der Waals surface area contributed by atoms with E-state index in [2.05, 4.69) is 105 Å². The monoisotopic (exact) mass is 451 g/mol. The molecule has 4 aromatic rings. The molecule has 1 aliphatic rings. The van der Waals surface area contributed by atoms with E-state index in [0.29, 0.717) is 0 Å². The van der Waals surface area contributed by atoms with E-state index in [0.717, 1.165) is 13.1 Å². The summed E-state index contributed by atoms with van der Waals surface area (Å²) in [6.45, 7) is 8.22. The van der Waals surface area contributed by atoms with Crippen molar-refractivity contribution in [3.05, 3.63) is 90.5 Å². The van der Waals surface area contributed by atoms with E-state index in [-0.39, 0.29) is 0 Å². The van der Waals surface area contributed by atoms with E-state index >= 15 is 0 Å². The third kappa shape index (κ3) is 5.60. The van der Waals surface area contributed by atoms with E-state index in [9.17, 15) is 0 Å². The van der Waals surface area contributed by atoms with E-state index in [4.69, 9.17) is 0 Å². The van der Waals surface area contributed by atoms with Gasteiger partial charge < -0.3 is 9.47 Å². The number of rotatable bonds is 10. The van der Waals surface area contributed by atoms with Crippen molar-refractivity contribution in [2.45, 2.75) is 32.2 Å². The smallest absolute Gasteiger partial charge is 0.0491 e. The fourth-order valence-electron chi connectivity index (χ4n) is 5.30. The number of hydrogen-bond acceptors (Lipinski definition) is 2. The van der Waals surface area contributed by atoms with Gasteiger partial charge in [0, 0.05) is 61.1 Å². The Morgan fingerprint density at radius 2 is 1.12 bits per heavy atom. The van der Waals surface area contributed by atoms with E-state index in [1.807, 2.05) is 0 Å². The van der Waals surface area contributed by atoms with Crippen LogP contribution < -0.4 is 0 Å². The first-order chi connectivity index (χ1) is 16.9. The Hall–Kier alpha value is -2.88. The first-order valence-corrected chi connectivity index (χ1v) is 13.0. The van der Waals surface area contributed by atoms with Crippen molar-refractivity contribution >= 4 is 27.9 Å². The second-order valence-corrected chi connectivity index (χ2v) is 9.56. The van der Waals surface area contributed by atoms with Crippen LogP contribution in [0.1, 0.15) is 31.2 Å². The molecular weight excluding hydrogens is 414 g/mol. The number of aromatic nitrogens is 1. The van der Waals surface area contributed by atoms with Crippen molar-refractivity contribution in [3.8, 4) is 0 Å². The SMILES string of the molecule is C(=C\c1ccccc1)/CN1CCN(CCCCCCn2c3ccccc3c3ccccc32)CC1. The zero-order valence-corrected chi connectivity index (χ0v) is 20.3. The van der Waals surface area contributed by atoms with Gasteiger partial charge in [0.15, 0.2) is 0 Å². The van der Waals surface area contributed by atoms with Gasteiger partial charge in [-0.25, -0.2) is 0 Å². The van der Waals surface area contributed by atoms with Gasteiger partial charge in [-0.2, -0.15) is 0 Å². The molecule has 0 spiro atoms. The molecule has 0 amide bonds. The zero-order chi connectivity index (χ0) is 23.0. The maximum atomic E-state index is 2.66. The maximum absolute atomic E-state index is 2.66. The highest BCUT2D eigenvalue weighted by Crippen LogP contribution is 2.29. The zero-order valence-electron chi connectivity index (χ0n) is 20.3.